The highest BCUT2D eigenvalue weighted by molar-refractivity contribution is 5.87. The zero-order chi connectivity index (χ0) is 20.4. The van der Waals surface area contributed by atoms with Crippen LogP contribution in [-0.2, 0) is 28.6 Å². The maximum atomic E-state index is 11.0. The van der Waals surface area contributed by atoms with E-state index in [0.717, 1.165) is 31.8 Å². The Hall–Kier alpha value is -2.63. The molecule has 0 aliphatic heterocycles. The quantitative estimate of drug-likeness (QED) is 0.172. The first-order valence-electron chi connectivity index (χ1n) is 8.31. The highest BCUT2D eigenvalue weighted by Gasteiger charge is 2.03. The largest absolute Gasteiger partial charge is 0.462 e. The molecular formula is C20H30O6. The van der Waals surface area contributed by atoms with Crippen LogP contribution in [0.1, 0.15) is 39.5 Å². The van der Waals surface area contributed by atoms with Gasteiger partial charge in [0.15, 0.2) is 0 Å². The van der Waals surface area contributed by atoms with Crippen LogP contribution in [0.4, 0.5) is 0 Å². The van der Waals surface area contributed by atoms with E-state index in [0.29, 0.717) is 24.4 Å². The summed E-state index contributed by atoms with van der Waals surface area (Å²) in [5, 5.41) is 0. The van der Waals surface area contributed by atoms with Crippen molar-refractivity contribution in [3.05, 3.63) is 49.6 Å². The lowest BCUT2D eigenvalue weighted by molar-refractivity contribution is -0.140. The predicted molar refractivity (Wildman–Crippen MR) is 101 cm³/mol. The topological polar surface area (TPSA) is 78.9 Å². The third-order valence-electron chi connectivity index (χ3n) is 2.71. The fourth-order valence-corrected chi connectivity index (χ4v) is 1.33. The van der Waals surface area contributed by atoms with E-state index >= 15 is 0 Å². The van der Waals surface area contributed by atoms with Gasteiger partial charge in [0.1, 0.15) is 6.61 Å². The SMILES string of the molecule is C=C(C)C(=O)OCCCCCCOC(=O)C(=C)C.C=CCOC(=O)C=C. The molecule has 146 valence electrons. The van der Waals surface area contributed by atoms with Crippen LogP contribution in [-0.4, -0.2) is 37.7 Å². The lowest BCUT2D eigenvalue weighted by Crippen LogP contribution is -2.07. The first kappa shape index (κ1) is 25.6. The first-order chi connectivity index (χ1) is 12.3. The maximum absolute atomic E-state index is 11.0. The van der Waals surface area contributed by atoms with Crippen molar-refractivity contribution in [3.8, 4) is 0 Å². The Morgan fingerprint density at radius 3 is 1.50 bits per heavy atom. The van der Waals surface area contributed by atoms with Gasteiger partial charge in [-0.15, -0.1) is 0 Å². The van der Waals surface area contributed by atoms with Crippen LogP contribution in [0.3, 0.4) is 0 Å². The molecule has 0 radical (unpaired) electrons. The molecular weight excluding hydrogens is 336 g/mol. The fraction of sp³-hybridized carbons (Fsp3) is 0.450. The van der Waals surface area contributed by atoms with Gasteiger partial charge in [-0.25, -0.2) is 14.4 Å². The van der Waals surface area contributed by atoms with Gasteiger partial charge >= 0.3 is 17.9 Å². The van der Waals surface area contributed by atoms with E-state index in [4.69, 9.17) is 9.47 Å². The summed E-state index contributed by atoms with van der Waals surface area (Å²) in [6.07, 6.45) is 6.12. The Kier molecular flexibility index (Phi) is 16.9. The Morgan fingerprint density at radius 1 is 0.769 bits per heavy atom. The minimum absolute atomic E-state index is 0.255. The molecule has 0 heterocycles. The van der Waals surface area contributed by atoms with Gasteiger partial charge in [0.05, 0.1) is 13.2 Å². The summed E-state index contributed by atoms with van der Waals surface area (Å²) < 4.78 is 14.4. The van der Waals surface area contributed by atoms with Gasteiger partial charge in [-0.2, -0.15) is 0 Å². The number of esters is 3. The summed E-state index contributed by atoms with van der Waals surface area (Å²) in [4.78, 5) is 32.2. The number of carbonyl (C=O) groups excluding carboxylic acids is 3. The Labute approximate surface area is 156 Å². The van der Waals surface area contributed by atoms with Crippen molar-refractivity contribution in [2.45, 2.75) is 39.5 Å². The zero-order valence-electron chi connectivity index (χ0n) is 15.9. The number of unbranched alkanes of at least 4 members (excludes halogenated alkanes) is 3. The van der Waals surface area contributed by atoms with E-state index in [1.54, 1.807) is 13.8 Å². The summed E-state index contributed by atoms with van der Waals surface area (Å²) in [7, 11) is 0. The van der Waals surface area contributed by atoms with Gasteiger partial charge in [-0.3, -0.25) is 0 Å². The molecule has 0 atom stereocenters. The Morgan fingerprint density at radius 2 is 1.19 bits per heavy atom. The molecule has 0 aromatic heterocycles. The molecule has 0 bridgehead atoms. The molecule has 0 N–H and O–H groups in total. The molecule has 6 heteroatoms. The Bertz CT molecular complexity index is 472. The highest BCUT2D eigenvalue weighted by atomic mass is 16.5. The first-order valence-corrected chi connectivity index (χ1v) is 8.31. The summed E-state index contributed by atoms with van der Waals surface area (Å²) in [6.45, 7) is 17.9. The van der Waals surface area contributed by atoms with Crippen LogP contribution >= 0.6 is 0 Å². The van der Waals surface area contributed by atoms with Gasteiger partial charge in [0.2, 0.25) is 0 Å². The second-order valence-electron chi connectivity index (χ2n) is 5.37. The summed E-state index contributed by atoms with van der Waals surface area (Å²) in [6, 6.07) is 0. The van der Waals surface area contributed by atoms with Crippen LogP contribution in [0, 0.1) is 0 Å². The van der Waals surface area contributed by atoms with Crippen molar-refractivity contribution in [2.24, 2.45) is 0 Å². The van der Waals surface area contributed by atoms with E-state index in [1.165, 1.54) is 6.08 Å². The van der Waals surface area contributed by atoms with Crippen molar-refractivity contribution in [3.63, 3.8) is 0 Å². The van der Waals surface area contributed by atoms with Crippen molar-refractivity contribution >= 4 is 17.9 Å². The molecule has 0 saturated carbocycles. The van der Waals surface area contributed by atoms with Crippen LogP contribution in [0.15, 0.2) is 49.6 Å². The monoisotopic (exact) mass is 366 g/mol. The number of rotatable bonds is 12. The van der Waals surface area contributed by atoms with E-state index in [1.807, 2.05) is 0 Å². The zero-order valence-corrected chi connectivity index (χ0v) is 15.9. The van der Waals surface area contributed by atoms with Gasteiger partial charge in [0.25, 0.3) is 0 Å². The van der Waals surface area contributed by atoms with E-state index < -0.39 is 5.97 Å². The number of hydrogen-bond donors (Lipinski definition) is 0. The number of hydrogen-bond acceptors (Lipinski definition) is 6. The van der Waals surface area contributed by atoms with Gasteiger partial charge < -0.3 is 14.2 Å². The summed E-state index contributed by atoms with van der Waals surface area (Å²) in [5.74, 6) is -1.10. The van der Waals surface area contributed by atoms with Crippen LogP contribution in [0.5, 0.6) is 0 Å². The molecule has 0 fully saturated rings. The summed E-state index contributed by atoms with van der Waals surface area (Å²) >= 11 is 0. The molecule has 0 rings (SSSR count). The smallest absolute Gasteiger partial charge is 0.333 e. The van der Waals surface area contributed by atoms with Crippen molar-refractivity contribution in [1.29, 1.82) is 0 Å². The van der Waals surface area contributed by atoms with Gasteiger partial charge in [0, 0.05) is 17.2 Å². The fourth-order valence-electron chi connectivity index (χ4n) is 1.33. The molecule has 0 aliphatic carbocycles. The van der Waals surface area contributed by atoms with E-state index in [9.17, 15) is 14.4 Å². The third-order valence-corrected chi connectivity index (χ3v) is 2.71. The van der Waals surface area contributed by atoms with Gasteiger partial charge in [-0.05, 0) is 39.5 Å². The minimum Gasteiger partial charge on any atom is -0.462 e. The molecule has 0 aromatic carbocycles. The molecule has 0 aromatic rings. The second kappa shape index (κ2) is 17.2. The minimum atomic E-state index is -0.412. The van der Waals surface area contributed by atoms with Gasteiger partial charge in [-0.1, -0.05) is 32.4 Å². The second-order valence-corrected chi connectivity index (χ2v) is 5.37. The number of ether oxygens (including phenoxy) is 3. The normalized spacial score (nSPS) is 9.00. The number of carbonyl (C=O) groups is 3. The molecule has 0 unspecified atom stereocenters. The lowest BCUT2D eigenvalue weighted by Gasteiger charge is -2.05. The van der Waals surface area contributed by atoms with Crippen LogP contribution in [0.2, 0.25) is 0 Å². The van der Waals surface area contributed by atoms with E-state index in [-0.39, 0.29) is 18.5 Å². The van der Waals surface area contributed by atoms with Crippen molar-refractivity contribution < 1.29 is 28.6 Å². The molecule has 0 amide bonds. The average Bonchev–Trinajstić information content (AvgIpc) is 2.61. The van der Waals surface area contributed by atoms with Crippen molar-refractivity contribution in [2.75, 3.05) is 19.8 Å². The maximum Gasteiger partial charge on any atom is 0.333 e. The van der Waals surface area contributed by atoms with E-state index in [2.05, 4.69) is 31.1 Å². The third kappa shape index (κ3) is 17.7. The highest BCUT2D eigenvalue weighted by Crippen LogP contribution is 2.03. The lowest BCUT2D eigenvalue weighted by atomic mass is 10.2. The standard InChI is InChI=1S/C14H22O4.C6H8O2/c1-11(2)13(15)17-9-7-5-6-8-10-18-14(16)12(3)4;1-3-5-8-6(7)4-2/h1,3,5-10H2,2,4H3;3-4H,1-2,5H2. The summed E-state index contributed by atoms with van der Waals surface area (Å²) in [5.41, 5.74) is 0.836. The molecule has 0 saturated heterocycles. The molecule has 0 aliphatic rings. The predicted octanol–water partition coefficient (Wildman–Crippen LogP) is 3.69. The van der Waals surface area contributed by atoms with Crippen LogP contribution in [0.25, 0.3) is 0 Å². The van der Waals surface area contributed by atoms with Crippen molar-refractivity contribution in [1.82, 2.24) is 0 Å². The average molecular weight is 366 g/mol. The molecule has 6 nitrogen and oxygen atoms in total. The molecule has 0 spiro atoms. The Balaban J connectivity index is 0. The molecule has 26 heavy (non-hydrogen) atoms. The van der Waals surface area contributed by atoms with Crippen LogP contribution < -0.4 is 0 Å².